The second-order valence-corrected chi connectivity index (χ2v) is 6.13. The zero-order valence-corrected chi connectivity index (χ0v) is 14.0. The molecule has 0 fully saturated rings. The van der Waals surface area contributed by atoms with Crippen LogP contribution in [0.25, 0.3) is 11.0 Å². The zero-order chi connectivity index (χ0) is 17.3. The summed E-state index contributed by atoms with van der Waals surface area (Å²) >= 11 is 0. The molecule has 24 heavy (non-hydrogen) atoms. The van der Waals surface area contributed by atoms with Gasteiger partial charge >= 0.3 is 0 Å². The third kappa shape index (κ3) is 2.85. The molecule has 0 aliphatic heterocycles. The lowest BCUT2D eigenvalue weighted by Gasteiger charge is -2.15. The fraction of sp³-hybridized carbons (Fsp3) is 0.263. The number of rotatable bonds is 4. The summed E-state index contributed by atoms with van der Waals surface area (Å²) in [4.78, 5) is 22.5. The third-order valence-electron chi connectivity index (χ3n) is 4.07. The highest BCUT2D eigenvalue weighted by molar-refractivity contribution is 5.83. The molecule has 0 saturated heterocycles. The number of benzene rings is 1. The van der Waals surface area contributed by atoms with Crippen LogP contribution >= 0.6 is 0 Å². The molecule has 0 spiro atoms. The molecule has 124 valence electrons. The largest absolute Gasteiger partial charge is 0.507 e. The molecule has 2 aromatic heterocycles. The lowest BCUT2D eigenvalue weighted by atomic mass is 10.0. The van der Waals surface area contributed by atoms with E-state index < -0.39 is 5.56 Å². The summed E-state index contributed by atoms with van der Waals surface area (Å²) in [5, 5.41) is 10.9. The average molecular weight is 324 g/mol. The maximum Gasteiger partial charge on any atom is 0.291 e. The fourth-order valence-corrected chi connectivity index (χ4v) is 2.51. The van der Waals surface area contributed by atoms with Gasteiger partial charge in [0.2, 0.25) is 0 Å². The molecule has 0 saturated carbocycles. The van der Waals surface area contributed by atoms with Crippen LogP contribution in [0.1, 0.15) is 36.5 Å². The van der Waals surface area contributed by atoms with Gasteiger partial charge in [0, 0.05) is 6.20 Å². The molecule has 0 unspecified atom stereocenters. The topological polar surface area (TPSA) is 64.3 Å². The van der Waals surface area contributed by atoms with E-state index in [1.165, 1.54) is 4.73 Å². The van der Waals surface area contributed by atoms with Gasteiger partial charge in [-0.05, 0) is 30.0 Å². The molecule has 1 aromatic carbocycles. The highest BCUT2D eigenvalue weighted by Gasteiger charge is 2.16. The van der Waals surface area contributed by atoms with E-state index in [9.17, 15) is 9.90 Å². The Kier molecular flexibility index (Phi) is 4.25. The molecular formula is C19H20N2O3. The van der Waals surface area contributed by atoms with Gasteiger partial charge in [-0.2, -0.15) is 0 Å². The number of fused-ring (bicyclic) bond motifs is 1. The van der Waals surface area contributed by atoms with Crippen molar-refractivity contribution in [2.24, 2.45) is 0 Å². The third-order valence-corrected chi connectivity index (χ3v) is 4.07. The smallest absolute Gasteiger partial charge is 0.291 e. The van der Waals surface area contributed by atoms with E-state index in [2.05, 4.69) is 18.8 Å². The van der Waals surface area contributed by atoms with E-state index in [0.717, 1.165) is 11.1 Å². The maximum absolute atomic E-state index is 12.5. The molecule has 1 N–H and O–H groups in total. The van der Waals surface area contributed by atoms with Crippen LogP contribution in [-0.4, -0.2) is 14.8 Å². The van der Waals surface area contributed by atoms with Gasteiger partial charge in [-0.25, -0.2) is 4.98 Å². The van der Waals surface area contributed by atoms with Gasteiger partial charge in [0.25, 0.3) is 5.56 Å². The van der Waals surface area contributed by atoms with Crippen molar-refractivity contribution in [2.75, 3.05) is 0 Å². The molecule has 3 aromatic rings. The van der Waals surface area contributed by atoms with Gasteiger partial charge in [0.1, 0.15) is 12.4 Å². The monoisotopic (exact) mass is 324 g/mol. The lowest BCUT2D eigenvalue weighted by Crippen LogP contribution is -2.29. The number of hydrogen-bond acceptors (Lipinski definition) is 4. The van der Waals surface area contributed by atoms with Gasteiger partial charge in [0.05, 0.1) is 10.9 Å². The van der Waals surface area contributed by atoms with E-state index >= 15 is 0 Å². The summed E-state index contributed by atoms with van der Waals surface area (Å²) in [5.41, 5.74) is 2.11. The molecule has 0 aliphatic rings. The van der Waals surface area contributed by atoms with Gasteiger partial charge in [-0.1, -0.05) is 44.2 Å². The Morgan fingerprint density at radius 1 is 1.25 bits per heavy atom. The van der Waals surface area contributed by atoms with Crippen molar-refractivity contribution in [3.8, 4) is 5.75 Å². The molecular weight excluding hydrogens is 304 g/mol. The average Bonchev–Trinajstić information content (AvgIpc) is 2.60. The van der Waals surface area contributed by atoms with E-state index in [-0.39, 0.29) is 23.8 Å². The minimum Gasteiger partial charge on any atom is -0.507 e. The van der Waals surface area contributed by atoms with Crippen LogP contribution in [0, 0.1) is 6.92 Å². The molecule has 0 amide bonds. The van der Waals surface area contributed by atoms with Crippen LogP contribution in [0.3, 0.4) is 0 Å². The van der Waals surface area contributed by atoms with Crippen molar-refractivity contribution in [3.63, 3.8) is 0 Å². The molecule has 5 nitrogen and oxygen atoms in total. The Bertz CT molecular complexity index is 931. The summed E-state index contributed by atoms with van der Waals surface area (Å²) in [6.07, 6.45) is 1.71. The first kappa shape index (κ1) is 16.1. The summed E-state index contributed by atoms with van der Waals surface area (Å²) < 4.78 is 1.17. The Balaban J connectivity index is 2.11. The standard InChI is InChI=1S/C19H20N2O3/c1-12(2)15-9-16-17(22)13(3)19(23)21(18(16)20-10-15)24-11-14-7-5-4-6-8-14/h4-10,12,22H,11H2,1-3H3. The zero-order valence-electron chi connectivity index (χ0n) is 14.0. The number of aromatic hydroxyl groups is 1. The first-order chi connectivity index (χ1) is 11.5. The number of nitrogens with zero attached hydrogens (tertiary/aromatic N) is 2. The van der Waals surface area contributed by atoms with Crippen molar-refractivity contribution >= 4 is 11.0 Å². The van der Waals surface area contributed by atoms with E-state index in [4.69, 9.17) is 4.84 Å². The van der Waals surface area contributed by atoms with Crippen LogP contribution < -0.4 is 10.4 Å². The molecule has 3 rings (SSSR count). The van der Waals surface area contributed by atoms with Gasteiger partial charge in [-0.15, -0.1) is 4.73 Å². The normalized spacial score (nSPS) is 11.2. The summed E-state index contributed by atoms with van der Waals surface area (Å²) in [6, 6.07) is 11.4. The van der Waals surface area contributed by atoms with E-state index in [0.29, 0.717) is 11.0 Å². The fourth-order valence-electron chi connectivity index (χ4n) is 2.51. The maximum atomic E-state index is 12.5. The molecule has 0 radical (unpaired) electrons. The number of aromatic nitrogens is 2. The lowest BCUT2D eigenvalue weighted by molar-refractivity contribution is 0.0971. The van der Waals surface area contributed by atoms with Gasteiger partial charge < -0.3 is 9.94 Å². The minimum atomic E-state index is -0.402. The summed E-state index contributed by atoms with van der Waals surface area (Å²) in [5.74, 6) is 0.233. The van der Waals surface area contributed by atoms with Crippen molar-refractivity contribution in [2.45, 2.75) is 33.3 Å². The van der Waals surface area contributed by atoms with Crippen molar-refractivity contribution in [1.82, 2.24) is 9.71 Å². The van der Waals surface area contributed by atoms with Crippen molar-refractivity contribution in [3.05, 3.63) is 69.6 Å². The van der Waals surface area contributed by atoms with E-state index in [1.807, 2.05) is 36.4 Å². The molecule has 0 atom stereocenters. The minimum absolute atomic E-state index is 0.0374. The first-order valence-corrected chi connectivity index (χ1v) is 7.90. The summed E-state index contributed by atoms with van der Waals surface area (Å²) in [6.45, 7) is 5.93. The van der Waals surface area contributed by atoms with Crippen molar-refractivity contribution < 1.29 is 9.94 Å². The SMILES string of the molecule is Cc1c(O)c2cc(C(C)C)cnc2n(OCc2ccccc2)c1=O. The van der Waals surface area contributed by atoms with Crippen LogP contribution in [-0.2, 0) is 6.61 Å². The van der Waals surface area contributed by atoms with Crippen LogP contribution in [0.4, 0.5) is 0 Å². The Morgan fingerprint density at radius 2 is 1.96 bits per heavy atom. The Morgan fingerprint density at radius 3 is 2.62 bits per heavy atom. The Hall–Kier alpha value is -2.82. The highest BCUT2D eigenvalue weighted by Crippen LogP contribution is 2.27. The van der Waals surface area contributed by atoms with Gasteiger partial charge in [0.15, 0.2) is 5.65 Å². The second kappa shape index (κ2) is 6.35. The number of hydrogen-bond donors (Lipinski definition) is 1. The molecule has 0 bridgehead atoms. The Labute approximate surface area is 140 Å². The summed E-state index contributed by atoms with van der Waals surface area (Å²) in [7, 11) is 0. The van der Waals surface area contributed by atoms with Crippen LogP contribution in [0.5, 0.6) is 5.75 Å². The van der Waals surface area contributed by atoms with Crippen LogP contribution in [0.2, 0.25) is 0 Å². The second-order valence-electron chi connectivity index (χ2n) is 6.13. The van der Waals surface area contributed by atoms with E-state index in [1.54, 1.807) is 13.1 Å². The predicted molar refractivity (Wildman–Crippen MR) is 93.2 cm³/mol. The number of pyridine rings is 2. The quantitative estimate of drug-likeness (QED) is 0.800. The predicted octanol–water partition coefficient (Wildman–Crippen LogP) is 3.16. The highest BCUT2D eigenvalue weighted by atomic mass is 16.7. The van der Waals surface area contributed by atoms with Crippen LogP contribution in [0.15, 0.2) is 47.4 Å². The molecule has 0 aliphatic carbocycles. The first-order valence-electron chi connectivity index (χ1n) is 7.90. The van der Waals surface area contributed by atoms with Gasteiger partial charge in [-0.3, -0.25) is 4.79 Å². The molecule has 5 heteroatoms. The van der Waals surface area contributed by atoms with Crippen molar-refractivity contribution in [1.29, 1.82) is 0 Å². The molecule has 2 heterocycles.